The van der Waals surface area contributed by atoms with E-state index in [0.717, 1.165) is 6.54 Å². The third-order valence-electron chi connectivity index (χ3n) is 2.14. The Bertz CT molecular complexity index is 231. The zero-order valence-electron chi connectivity index (χ0n) is 7.71. The molecule has 1 unspecified atom stereocenters. The van der Waals surface area contributed by atoms with Crippen LogP contribution in [0.5, 0.6) is 0 Å². The Morgan fingerprint density at radius 2 is 2.08 bits per heavy atom. The Labute approximate surface area is 74.5 Å². The number of hydrogen-bond donors (Lipinski definition) is 1. The minimum Gasteiger partial charge on any atom is -0.313 e. The minimum absolute atomic E-state index is 0.199. The maximum absolute atomic E-state index is 11.0. The molecule has 0 radical (unpaired) electrons. The molecule has 1 fully saturated rings. The predicted molar refractivity (Wildman–Crippen MR) is 49.9 cm³/mol. The van der Waals surface area contributed by atoms with Gasteiger partial charge in [0.1, 0.15) is 9.84 Å². The lowest BCUT2D eigenvalue weighted by Crippen LogP contribution is -2.37. The van der Waals surface area contributed by atoms with E-state index in [1.165, 1.54) is 19.1 Å². The lowest BCUT2D eigenvalue weighted by Gasteiger charge is -2.15. The molecule has 12 heavy (non-hydrogen) atoms. The van der Waals surface area contributed by atoms with Gasteiger partial charge >= 0.3 is 0 Å². The molecule has 1 aliphatic rings. The Balaban J connectivity index is 2.43. The van der Waals surface area contributed by atoms with E-state index >= 15 is 0 Å². The van der Waals surface area contributed by atoms with Crippen molar-refractivity contribution >= 4 is 9.84 Å². The van der Waals surface area contributed by atoms with Crippen LogP contribution in [0.1, 0.15) is 19.8 Å². The van der Waals surface area contributed by atoms with Gasteiger partial charge in [0.15, 0.2) is 0 Å². The summed E-state index contributed by atoms with van der Waals surface area (Å²) in [5.74, 6) is 0.908. The van der Waals surface area contributed by atoms with Gasteiger partial charge in [-0.1, -0.05) is 6.92 Å². The first-order chi connectivity index (χ1) is 5.53. The number of nitrogens with one attached hydrogen (secondary N) is 1. The van der Waals surface area contributed by atoms with Gasteiger partial charge in [-0.25, -0.2) is 8.42 Å². The molecular weight excluding hydrogens is 174 g/mol. The van der Waals surface area contributed by atoms with Crippen LogP contribution in [0, 0.1) is 5.92 Å². The van der Waals surface area contributed by atoms with Crippen LogP contribution in [-0.4, -0.2) is 33.0 Å². The lowest BCUT2D eigenvalue weighted by atomic mass is 10.2. The van der Waals surface area contributed by atoms with E-state index < -0.39 is 9.84 Å². The molecule has 1 N–H and O–H groups in total. The standard InChI is InChI=1S/C8H17NO2S/c1-3-9-8(7-4-5-7)6-12(2,10)11/h7-9H,3-6H2,1-2H3. The minimum atomic E-state index is -2.81. The molecule has 0 aromatic carbocycles. The molecule has 0 bridgehead atoms. The topological polar surface area (TPSA) is 46.2 Å². The van der Waals surface area contributed by atoms with Gasteiger partial charge in [0.25, 0.3) is 0 Å². The Hall–Kier alpha value is -0.0900. The maximum atomic E-state index is 11.0. The Morgan fingerprint density at radius 3 is 2.42 bits per heavy atom. The second-order valence-electron chi connectivity index (χ2n) is 3.59. The fraction of sp³-hybridized carbons (Fsp3) is 1.00. The second-order valence-corrected chi connectivity index (χ2v) is 5.78. The summed E-state index contributed by atoms with van der Waals surface area (Å²) in [6.45, 7) is 2.87. The molecule has 0 heterocycles. The molecule has 0 amide bonds. The molecule has 72 valence electrons. The first kappa shape index (κ1) is 9.99. The van der Waals surface area contributed by atoms with Crippen LogP contribution >= 0.6 is 0 Å². The highest BCUT2D eigenvalue weighted by molar-refractivity contribution is 7.90. The summed E-state index contributed by atoms with van der Waals surface area (Å²) in [6.07, 6.45) is 3.68. The van der Waals surface area contributed by atoms with E-state index in [1.807, 2.05) is 6.92 Å². The summed E-state index contributed by atoms with van der Waals surface area (Å²) in [6, 6.07) is 0.199. The third-order valence-corrected chi connectivity index (χ3v) is 3.10. The number of hydrogen-bond acceptors (Lipinski definition) is 3. The molecule has 0 spiro atoms. The van der Waals surface area contributed by atoms with E-state index in [2.05, 4.69) is 5.32 Å². The van der Waals surface area contributed by atoms with E-state index in [0.29, 0.717) is 11.7 Å². The lowest BCUT2D eigenvalue weighted by molar-refractivity contribution is 0.504. The summed E-state index contributed by atoms with van der Waals surface area (Å²) in [5.41, 5.74) is 0. The molecule has 0 aromatic heterocycles. The molecule has 1 rings (SSSR count). The van der Waals surface area contributed by atoms with Crippen LogP contribution in [0.3, 0.4) is 0 Å². The zero-order chi connectivity index (χ0) is 9.19. The van der Waals surface area contributed by atoms with Crippen molar-refractivity contribution in [3.05, 3.63) is 0 Å². The monoisotopic (exact) mass is 191 g/mol. The molecule has 1 atom stereocenters. The van der Waals surface area contributed by atoms with Crippen LogP contribution in [-0.2, 0) is 9.84 Å². The fourth-order valence-electron chi connectivity index (χ4n) is 1.45. The quantitative estimate of drug-likeness (QED) is 0.685. The van der Waals surface area contributed by atoms with E-state index in [-0.39, 0.29) is 6.04 Å². The molecule has 1 saturated carbocycles. The highest BCUT2D eigenvalue weighted by Gasteiger charge is 2.32. The average molecular weight is 191 g/mol. The van der Waals surface area contributed by atoms with Crippen LogP contribution in [0.25, 0.3) is 0 Å². The zero-order valence-corrected chi connectivity index (χ0v) is 8.52. The molecular formula is C8H17NO2S. The average Bonchev–Trinajstić information content (AvgIpc) is 2.63. The number of sulfone groups is 1. The highest BCUT2D eigenvalue weighted by Crippen LogP contribution is 2.33. The SMILES string of the molecule is CCNC(CS(C)(=O)=O)C1CC1. The van der Waals surface area contributed by atoms with Crippen molar-refractivity contribution in [3.8, 4) is 0 Å². The summed E-state index contributed by atoms with van der Waals surface area (Å²) in [7, 11) is -2.81. The van der Waals surface area contributed by atoms with Crippen LogP contribution in [0.15, 0.2) is 0 Å². The summed E-state index contributed by atoms with van der Waals surface area (Å²) in [5, 5.41) is 3.22. The summed E-state index contributed by atoms with van der Waals surface area (Å²) >= 11 is 0. The smallest absolute Gasteiger partial charge is 0.148 e. The third kappa shape index (κ3) is 3.54. The van der Waals surface area contributed by atoms with Crippen molar-refractivity contribution in [2.75, 3.05) is 18.6 Å². The maximum Gasteiger partial charge on any atom is 0.148 e. The van der Waals surface area contributed by atoms with Crippen molar-refractivity contribution in [2.24, 2.45) is 5.92 Å². The van der Waals surface area contributed by atoms with E-state index in [4.69, 9.17) is 0 Å². The van der Waals surface area contributed by atoms with Gasteiger partial charge in [0.2, 0.25) is 0 Å². The van der Waals surface area contributed by atoms with Crippen molar-refractivity contribution in [2.45, 2.75) is 25.8 Å². The van der Waals surface area contributed by atoms with Gasteiger partial charge < -0.3 is 5.32 Å². The fourth-order valence-corrected chi connectivity index (χ4v) is 2.49. The van der Waals surface area contributed by atoms with Gasteiger partial charge in [-0.3, -0.25) is 0 Å². The molecule has 0 saturated heterocycles. The normalized spacial score (nSPS) is 20.8. The van der Waals surface area contributed by atoms with E-state index in [9.17, 15) is 8.42 Å². The van der Waals surface area contributed by atoms with Gasteiger partial charge in [-0.2, -0.15) is 0 Å². The first-order valence-electron chi connectivity index (χ1n) is 4.44. The van der Waals surface area contributed by atoms with Gasteiger partial charge in [-0.15, -0.1) is 0 Å². The van der Waals surface area contributed by atoms with Gasteiger partial charge in [0.05, 0.1) is 5.75 Å². The Morgan fingerprint density at radius 1 is 1.50 bits per heavy atom. The largest absolute Gasteiger partial charge is 0.313 e. The second kappa shape index (κ2) is 3.75. The molecule has 0 aromatic rings. The van der Waals surface area contributed by atoms with Crippen molar-refractivity contribution in [1.29, 1.82) is 0 Å². The van der Waals surface area contributed by atoms with Crippen molar-refractivity contribution < 1.29 is 8.42 Å². The molecule has 3 nitrogen and oxygen atoms in total. The first-order valence-corrected chi connectivity index (χ1v) is 6.50. The highest BCUT2D eigenvalue weighted by atomic mass is 32.2. The van der Waals surface area contributed by atoms with Crippen molar-refractivity contribution in [3.63, 3.8) is 0 Å². The van der Waals surface area contributed by atoms with Crippen LogP contribution in [0.4, 0.5) is 0 Å². The molecule has 1 aliphatic carbocycles. The van der Waals surface area contributed by atoms with Gasteiger partial charge in [0, 0.05) is 12.3 Å². The summed E-state index contributed by atoms with van der Waals surface area (Å²) in [4.78, 5) is 0. The van der Waals surface area contributed by atoms with Crippen LogP contribution in [0.2, 0.25) is 0 Å². The Kier molecular flexibility index (Phi) is 3.12. The van der Waals surface area contributed by atoms with Crippen molar-refractivity contribution in [1.82, 2.24) is 5.32 Å². The van der Waals surface area contributed by atoms with Gasteiger partial charge in [-0.05, 0) is 25.3 Å². The molecule has 0 aliphatic heterocycles. The molecule has 4 heteroatoms. The predicted octanol–water partition coefficient (Wildman–Crippen LogP) is 0.419. The number of rotatable bonds is 5. The summed E-state index contributed by atoms with van der Waals surface area (Å²) < 4.78 is 22.0. The van der Waals surface area contributed by atoms with E-state index in [1.54, 1.807) is 0 Å². The van der Waals surface area contributed by atoms with Crippen LogP contribution < -0.4 is 5.32 Å².